The molecule has 1 aliphatic heterocycles. The molecule has 5 heteroatoms. The maximum absolute atomic E-state index is 12.6. The number of hydrogen-bond acceptors (Lipinski definition) is 4. The minimum Gasteiger partial charge on any atom is -0.354 e. The molecule has 5 nitrogen and oxygen atoms in total. The molecule has 1 amide bonds. The molecule has 21 heavy (non-hydrogen) atoms. The number of rotatable bonds is 4. The van der Waals surface area contributed by atoms with Gasteiger partial charge in [0.2, 0.25) is 5.95 Å². The summed E-state index contributed by atoms with van der Waals surface area (Å²) in [5.74, 6) is 1.11. The smallest absolute Gasteiger partial charge is 0.272 e. The molecule has 0 aromatic carbocycles. The third kappa shape index (κ3) is 4.69. The van der Waals surface area contributed by atoms with Gasteiger partial charge < -0.3 is 10.2 Å². The van der Waals surface area contributed by atoms with E-state index in [2.05, 4.69) is 29.1 Å². The normalized spacial score (nSPS) is 15.9. The second-order valence-electron chi connectivity index (χ2n) is 6.20. The van der Waals surface area contributed by atoms with Crippen LogP contribution in [0.4, 0.5) is 5.95 Å². The molecule has 0 unspecified atom stereocenters. The minimum atomic E-state index is 0.0370. The van der Waals surface area contributed by atoms with Crippen molar-refractivity contribution in [1.82, 2.24) is 14.9 Å². The number of amides is 1. The first-order valence-corrected chi connectivity index (χ1v) is 7.95. The minimum absolute atomic E-state index is 0.0370. The second-order valence-corrected chi connectivity index (χ2v) is 6.20. The molecule has 0 radical (unpaired) electrons. The molecule has 1 fully saturated rings. The Labute approximate surface area is 127 Å². The van der Waals surface area contributed by atoms with E-state index in [4.69, 9.17) is 0 Å². The zero-order valence-corrected chi connectivity index (χ0v) is 13.4. The monoisotopic (exact) mass is 290 g/mol. The summed E-state index contributed by atoms with van der Waals surface area (Å²) >= 11 is 0. The fourth-order valence-electron chi connectivity index (χ4n) is 2.49. The quantitative estimate of drug-likeness (QED) is 0.926. The third-order valence-corrected chi connectivity index (χ3v) is 3.64. The van der Waals surface area contributed by atoms with Crippen LogP contribution >= 0.6 is 0 Å². The van der Waals surface area contributed by atoms with Crippen LogP contribution in [0.15, 0.2) is 6.07 Å². The Balaban J connectivity index is 2.12. The first kappa shape index (κ1) is 15.7. The lowest BCUT2D eigenvalue weighted by Crippen LogP contribution is -2.32. The van der Waals surface area contributed by atoms with Crippen LogP contribution in [0.5, 0.6) is 0 Å². The van der Waals surface area contributed by atoms with E-state index in [0.717, 1.165) is 38.2 Å². The van der Waals surface area contributed by atoms with Gasteiger partial charge in [-0.05, 0) is 31.7 Å². The summed E-state index contributed by atoms with van der Waals surface area (Å²) in [6, 6.07) is 1.79. The molecule has 0 saturated carbocycles. The highest BCUT2D eigenvalue weighted by molar-refractivity contribution is 5.92. The summed E-state index contributed by atoms with van der Waals surface area (Å²) in [7, 11) is 0. The first-order chi connectivity index (χ1) is 10.1. The highest BCUT2D eigenvalue weighted by Gasteiger charge is 2.19. The number of nitrogens with zero attached hydrogens (tertiary/aromatic N) is 3. The number of hydrogen-bond donors (Lipinski definition) is 1. The van der Waals surface area contributed by atoms with Gasteiger partial charge in [-0.25, -0.2) is 9.97 Å². The molecule has 1 aromatic rings. The summed E-state index contributed by atoms with van der Waals surface area (Å²) in [5.41, 5.74) is 1.34. The third-order valence-electron chi connectivity index (χ3n) is 3.64. The number of carbonyl (C=O) groups excluding carboxylic acids is 1. The van der Waals surface area contributed by atoms with Crippen molar-refractivity contribution in [3.05, 3.63) is 17.5 Å². The van der Waals surface area contributed by atoms with Gasteiger partial charge in [0, 0.05) is 25.3 Å². The van der Waals surface area contributed by atoms with E-state index in [0.29, 0.717) is 17.6 Å². The van der Waals surface area contributed by atoms with Crippen molar-refractivity contribution in [2.24, 2.45) is 5.92 Å². The average molecular weight is 290 g/mol. The molecule has 0 spiro atoms. The van der Waals surface area contributed by atoms with E-state index in [-0.39, 0.29) is 5.91 Å². The molecule has 0 aliphatic carbocycles. The molecule has 116 valence electrons. The van der Waals surface area contributed by atoms with Crippen LogP contribution in [0.25, 0.3) is 0 Å². The van der Waals surface area contributed by atoms with E-state index in [1.54, 1.807) is 6.07 Å². The van der Waals surface area contributed by atoms with Gasteiger partial charge >= 0.3 is 0 Å². The van der Waals surface area contributed by atoms with Crippen molar-refractivity contribution < 1.29 is 4.79 Å². The molecule has 1 N–H and O–H groups in total. The molecular weight excluding hydrogens is 264 g/mol. The Kier molecular flexibility index (Phi) is 5.53. The largest absolute Gasteiger partial charge is 0.354 e. The summed E-state index contributed by atoms with van der Waals surface area (Å²) in [5, 5.41) is 3.20. The first-order valence-electron chi connectivity index (χ1n) is 7.95. The van der Waals surface area contributed by atoms with E-state index in [1.807, 2.05) is 11.8 Å². The van der Waals surface area contributed by atoms with E-state index < -0.39 is 0 Å². The average Bonchev–Trinajstić information content (AvgIpc) is 2.72. The van der Waals surface area contributed by atoms with Crippen LogP contribution in [-0.2, 0) is 0 Å². The van der Waals surface area contributed by atoms with Crippen LogP contribution in [0.1, 0.15) is 55.7 Å². The van der Waals surface area contributed by atoms with Gasteiger partial charge in [-0.3, -0.25) is 4.79 Å². The van der Waals surface area contributed by atoms with Gasteiger partial charge in [0.25, 0.3) is 5.91 Å². The lowest BCUT2D eigenvalue weighted by Gasteiger charge is -2.20. The van der Waals surface area contributed by atoms with E-state index >= 15 is 0 Å². The summed E-state index contributed by atoms with van der Waals surface area (Å²) in [4.78, 5) is 23.3. The molecule has 2 rings (SSSR count). The maximum atomic E-state index is 12.6. The van der Waals surface area contributed by atoms with Gasteiger partial charge in [0.1, 0.15) is 5.69 Å². The summed E-state index contributed by atoms with van der Waals surface area (Å²) in [6.45, 7) is 8.66. The SMILES string of the molecule is Cc1cc(C(=O)N2CCCCCC2)nc(NCC(C)C)n1. The Bertz CT molecular complexity index is 479. The number of aromatic nitrogens is 2. The fraction of sp³-hybridized carbons (Fsp3) is 0.688. The summed E-state index contributed by atoms with van der Waals surface area (Å²) in [6.07, 6.45) is 4.62. The van der Waals surface area contributed by atoms with E-state index in [1.165, 1.54) is 12.8 Å². The number of nitrogens with one attached hydrogen (secondary N) is 1. The molecule has 1 aromatic heterocycles. The van der Waals surface area contributed by atoms with Crippen molar-refractivity contribution in [1.29, 1.82) is 0 Å². The van der Waals surface area contributed by atoms with Gasteiger partial charge in [0.05, 0.1) is 0 Å². The Morgan fingerprint density at radius 2 is 1.90 bits per heavy atom. The number of carbonyl (C=O) groups is 1. The van der Waals surface area contributed by atoms with Crippen molar-refractivity contribution in [2.45, 2.75) is 46.5 Å². The van der Waals surface area contributed by atoms with Gasteiger partial charge in [-0.1, -0.05) is 26.7 Å². The highest BCUT2D eigenvalue weighted by atomic mass is 16.2. The number of likely N-dealkylation sites (tertiary alicyclic amines) is 1. The van der Waals surface area contributed by atoms with Crippen LogP contribution in [0, 0.1) is 12.8 Å². The number of aryl methyl sites for hydroxylation is 1. The zero-order chi connectivity index (χ0) is 15.2. The van der Waals surface area contributed by atoms with Crippen LogP contribution < -0.4 is 5.32 Å². The lowest BCUT2D eigenvalue weighted by atomic mass is 10.2. The Morgan fingerprint density at radius 1 is 1.24 bits per heavy atom. The van der Waals surface area contributed by atoms with Crippen LogP contribution in [-0.4, -0.2) is 40.4 Å². The topological polar surface area (TPSA) is 58.1 Å². The molecule has 2 heterocycles. The van der Waals surface area contributed by atoms with Crippen LogP contribution in [0.3, 0.4) is 0 Å². The van der Waals surface area contributed by atoms with Crippen molar-refractivity contribution in [3.8, 4) is 0 Å². The number of anilines is 1. The van der Waals surface area contributed by atoms with Gasteiger partial charge in [-0.2, -0.15) is 0 Å². The predicted molar refractivity (Wildman–Crippen MR) is 84.5 cm³/mol. The molecule has 0 bridgehead atoms. The van der Waals surface area contributed by atoms with Gasteiger partial charge in [0.15, 0.2) is 0 Å². The second kappa shape index (κ2) is 7.38. The fourth-order valence-corrected chi connectivity index (χ4v) is 2.49. The van der Waals surface area contributed by atoms with Crippen LogP contribution in [0.2, 0.25) is 0 Å². The van der Waals surface area contributed by atoms with Crippen molar-refractivity contribution in [2.75, 3.05) is 25.0 Å². The van der Waals surface area contributed by atoms with E-state index in [9.17, 15) is 4.79 Å². The molecular formula is C16H26N4O. The standard InChI is InChI=1S/C16H26N4O/c1-12(2)11-17-16-18-13(3)10-14(19-16)15(21)20-8-6-4-5-7-9-20/h10,12H,4-9,11H2,1-3H3,(H,17,18,19). The van der Waals surface area contributed by atoms with Crippen molar-refractivity contribution in [3.63, 3.8) is 0 Å². The van der Waals surface area contributed by atoms with Crippen molar-refractivity contribution >= 4 is 11.9 Å². The molecule has 1 saturated heterocycles. The highest BCUT2D eigenvalue weighted by Crippen LogP contribution is 2.14. The lowest BCUT2D eigenvalue weighted by molar-refractivity contribution is 0.0755. The summed E-state index contributed by atoms with van der Waals surface area (Å²) < 4.78 is 0. The molecule has 0 atom stereocenters. The zero-order valence-electron chi connectivity index (χ0n) is 13.4. The van der Waals surface area contributed by atoms with Gasteiger partial charge in [-0.15, -0.1) is 0 Å². The predicted octanol–water partition coefficient (Wildman–Crippen LogP) is 2.87. The maximum Gasteiger partial charge on any atom is 0.272 e. The molecule has 1 aliphatic rings. The Morgan fingerprint density at radius 3 is 2.52 bits per heavy atom. The Hall–Kier alpha value is -1.65.